The quantitative estimate of drug-likeness (QED) is 0.0633. The van der Waals surface area contributed by atoms with Gasteiger partial charge < -0.3 is 47.2 Å². The molecule has 0 spiro atoms. The maximum absolute atomic E-state index is 14.1. The molecule has 2 aromatic heterocycles. The number of aliphatic hydroxyl groups is 1. The van der Waals surface area contributed by atoms with E-state index in [2.05, 4.69) is 36.2 Å². The number of amides is 4. The van der Waals surface area contributed by atoms with Crippen molar-refractivity contribution in [2.45, 2.75) is 55.9 Å². The molecule has 0 saturated heterocycles. The van der Waals surface area contributed by atoms with Gasteiger partial charge in [0.15, 0.2) is 0 Å². The lowest BCUT2D eigenvalue weighted by Gasteiger charge is -2.26. The number of para-hydroxylation sites is 1. The van der Waals surface area contributed by atoms with E-state index >= 15 is 0 Å². The number of H-pyrrole nitrogens is 2. The van der Waals surface area contributed by atoms with Gasteiger partial charge in [0.05, 0.1) is 12.9 Å². The van der Waals surface area contributed by atoms with Crippen LogP contribution in [-0.2, 0) is 43.2 Å². The molecule has 2 aromatic carbocycles. The number of aromatic amines is 2. The lowest BCUT2D eigenvalue weighted by Crippen LogP contribution is -2.59. The van der Waals surface area contributed by atoms with Crippen LogP contribution in [0.4, 0.5) is 0 Å². The maximum Gasteiger partial charge on any atom is 0.326 e. The van der Waals surface area contributed by atoms with Crippen molar-refractivity contribution in [2.75, 3.05) is 18.6 Å². The summed E-state index contributed by atoms with van der Waals surface area (Å²) in [6.45, 7) is -0.638. The number of aliphatic hydroxyl groups excluding tert-OH is 1. The zero-order valence-corrected chi connectivity index (χ0v) is 28.2. The van der Waals surface area contributed by atoms with Crippen molar-refractivity contribution in [3.8, 4) is 0 Å². The number of rotatable bonds is 19. The first-order valence-corrected chi connectivity index (χ1v) is 17.3. The summed E-state index contributed by atoms with van der Waals surface area (Å²) in [6.07, 6.45) is 6.60. The summed E-state index contributed by atoms with van der Waals surface area (Å²) in [4.78, 5) is 76.0. The van der Waals surface area contributed by atoms with Crippen LogP contribution >= 0.6 is 11.8 Å². The highest BCUT2D eigenvalue weighted by Crippen LogP contribution is 2.20. The Hall–Kier alpha value is -5.19. The lowest BCUT2D eigenvalue weighted by atomic mass is 10.0. The number of hydrogen-bond acceptors (Lipinski definition) is 9. The molecule has 4 rings (SSSR count). The molecule has 0 fully saturated rings. The molecule has 15 nitrogen and oxygen atoms in total. The Kier molecular flexibility index (Phi) is 14.0. The summed E-state index contributed by atoms with van der Waals surface area (Å²) in [5.74, 6) is -3.64. The molecule has 10 N–H and O–H groups in total. The summed E-state index contributed by atoms with van der Waals surface area (Å²) in [6, 6.07) is 10.2. The Morgan fingerprint density at radius 2 is 1.42 bits per heavy atom. The van der Waals surface area contributed by atoms with Gasteiger partial charge in [-0.3, -0.25) is 19.2 Å². The van der Waals surface area contributed by atoms with Crippen LogP contribution in [0.15, 0.2) is 73.3 Å². The largest absolute Gasteiger partial charge is 0.480 e. The van der Waals surface area contributed by atoms with Crippen molar-refractivity contribution in [1.29, 1.82) is 0 Å². The van der Waals surface area contributed by atoms with Crippen molar-refractivity contribution < 1.29 is 34.2 Å². The highest BCUT2D eigenvalue weighted by molar-refractivity contribution is 7.98. The van der Waals surface area contributed by atoms with Gasteiger partial charge in [0.1, 0.15) is 30.2 Å². The summed E-state index contributed by atoms with van der Waals surface area (Å²) >= 11 is 1.44. The van der Waals surface area contributed by atoms with E-state index in [0.717, 1.165) is 16.5 Å². The number of carbonyl (C=O) groups is 5. The molecule has 0 radical (unpaired) electrons. The number of nitrogens with two attached hydrogens (primary N) is 1. The normalized spacial score (nSPS) is 14.1. The van der Waals surface area contributed by atoms with Gasteiger partial charge in [0, 0.05) is 48.3 Å². The highest BCUT2D eigenvalue weighted by atomic mass is 32.2. The van der Waals surface area contributed by atoms with Crippen LogP contribution < -0.4 is 27.0 Å². The van der Waals surface area contributed by atoms with Gasteiger partial charge in [0.2, 0.25) is 23.6 Å². The molecule has 0 aliphatic heterocycles. The number of hydrogen-bond donors (Lipinski definition) is 9. The molecule has 0 unspecified atom stereocenters. The SMILES string of the molecule is CSCC[C@H](NC(=O)[C@H](Cc1c[nH]c2ccccc12)NC(=O)[C@H](Cc1ccccc1)NC(=O)[C@@H](N)CO)C(=O)N[C@@H](Cc1cnc[nH]1)C(=O)O. The third-order valence-electron chi connectivity index (χ3n) is 8.02. The third kappa shape index (κ3) is 10.7. The fourth-order valence-electron chi connectivity index (χ4n) is 5.29. The molecule has 0 saturated carbocycles. The topological polar surface area (TPSA) is 244 Å². The molecular formula is C34H42N8O7S. The van der Waals surface area contributed by atoms with Crippen LogP contribution in [0.2, 0.25) is 0 Å². The Balaban J connectivity index is 1.60. The molecule has 2 heterocycles. The van der Waals surface area contributed by atoms with Gasteiger partial charge in [-0.15, -0.1) is 0 Å². The molecule has 5 atom stereocenters. The van der Waals surface area contributed by atoms with Crippen molar-refractivity contribution in [3.63, 3.8) is 0 Å². The second kappa shape index (κ2) is 18.5. The van der Waals surface area contributed by atoms with Crippen LogP contribution in [0.3, 0.4) is 0 Å². The van der Waals surface area contributed by atoms with Gasteiger partial charge in [-0.2, -0.15) is 11.8 Å². The standard InChI is InChI=1S/C34H42N8O7S/c1-50-12-11-26(31(45)42-29(34(48)49)15-22-17-36-19-38-22)39-33(47)28(14-21-16-37-25-10-6-5-9-23(21)25)41-32(46)27(40-30(44)24(35)18-43)13-20-7-3-2-4-8-20/h2-10,16-17,19,24,26-29,37,43H,11-15,18,35H2,1H3,(H,36,38)(H,39,47)(H,40,44)(H,41,46)(H,42,45)(H,48,49)/t24-,26-,27-,28-,29-/m0/s1. The lowest BCUT2D eigenvalue weighted by molar-refractivity contribution is -0.142. The van der Waals surface area contributed by atoms with Gasteiger partial charge in [0.25, 0.3) is 0 Å². The van der Waals surface area contributed by atoms with Crippen molar-refractivity contribution in [1.82, 2.24) is 36.2 Å². The van der Waals surface area contributed by atoms with E-state index in [4.69, 9.17) is 5.73 Å². The number of benzene rings is 2. The average molecular weight is 707 g/mol. The number of aromatic nitrogens is 3. The van der Waals surface area contributed by atoms with Gasteiger partial charge in [-0.05, 0) is 35.6 Å². The number of thioether (sulfide) groups is 1. The molecule has 0 aliphatic carbocycles. The fraction of sp³-hybridized carbons (Fsp3) is 0.353. The maximum atomic E-state index is 14.1. The molecule has 4 amide bonds. The number of carboxylic acids is 1. The van der Waals surface area contributed by atoms with Crippen molar-refractivity contribution in [3.05, 3.63) is 90.1 Å². The first-order valence-electron chi connectivity index (χ1n) is 15.9. The van der Waals surface area contributed by atoms with Gasteiger partial charge in [-0.1, -0.05) is 48.5 Å². The Bertz CT molecular complexity index is 1730. The predicted octanol–water partition coefficient (Wildman–Crippen LogP) is 0.0154. The van der Waals surface area contributed by atoms with Crippen molar-refractivity contribution in [2.24, 2.45) is 5.73 Å². The number of aliphatic carboxylic acids is 1. The monoisotopic (exact) mass is 706 g/mol. The van der Waals surface area contributed by atoms with Crippen LogP contribution in [0.1, 0.15) is 23.2 Å². The summed E-state index contributed by atoms with van der Waals surface area (Å²) < 4.78 is 0. The molecule has 50 heavy (non-hydrogen) atoms. The number of imidazole rings is 1. The highest BCUT2D eigenvalue weighted by Gasteiger charge is 2.32. The average Bonchev–Trinajstić information content (AvgIpc) is 3.79. The van der Waals surface area contributed by atoms with E-state index in [0.29, 0.717) is 17.0 Å². The first-order chi connectivity index (χ1) is 24.1. The van der Waals surface area contributed by atoms with E-state index in [1.54, 1.807) is 36.5 Å². The van der Waals surface area contributed by atoms with Crippen LogP contribution in [0.5, 0.6) is 0 Å². The van der Waals surface area contributed by atoms with Crippen LogP contribution in [-0.4, -0.2) is 104 Å². The zero-order chi connectivity index (χ0) is 36.0. The van der Waals surface area contributed by atoms with E-state index in [1.165, 1.54) is 24.3 Å². The van der Waals surface area contributed by atoms with E-state index in [-0.39, 0.29) is 25.7 Å². The summed E-state index contributed by atoms with van der Waals surface area (Å²) in [5, 5.41) is 30.7. The molecule has 0 aliphatic rings. The Morgan fingerprint density at radius 1 is 0.800 bits per heavy atom. The van der Waals surface area contributed by atoms with Crippen LogP contribution in [0, 0.1) is 0 Å². The molecule has 4 aromatic rings. The van der Waals surface area contributed by atoms with E-state index in [9.17, 15) is 34.2 Å². The molecule has 266 valence electrons. The summed E-state index contributed by atoms with van der Waals surface area (Å²) in [5.41, 5.74) is 8.47. The minimum absolute atomic E-state index is 0.0121. The number of nitrogens with zero attached hydrogens (tertiary/aromatic N) is 1. The predicted molar refractivity (Wildman–Crippen MR) is 188 cm³/mol. The smallest absolute Gasteiger partial charge is 0.326 e. The molecular weight excluding hydrogens is 664 g/mol. The molecule has 0 bridgehead atoms. The number of carboxylic acid groups (broad SMARTS) is 1. The minimum Gasteiger partial charge on any atom is -0.480 e. The minimum atomic E-state index is -1.30. The van der Waals surface area contributed by atoms with Crippen LogP contribution in [0.25, 0.3) is 10.9 Å². The Morgan fingerprint density at radius 3 is 2.08 bits per heavy atom. The van der Waals surface area contributed by atoms with E-state index < -0.39 is 66.4 Å². The first kappa shape index (κ1) is 37.6. The van der Waals surface area contributed by atoms with Crippen molar-refractivity contribution >= 4 is 52.3 Å². The zero-order valence-electron chi connectivity index (χ0n) is 27.4. The van der Waals surface area contributed by atoms with Gasteiger partial charge >= 0.3 is 5.97 Å². The van der Waals surface area contributed by atoms with E-state index in [1.807, 2.05) is 30.5 Å². The second-order valence-electron chi connectivity index (χ2n) is 11.7. The number of fused-ring (bicyclic) bond motifs is 1. The Labute approximate surface area is 292 Å². The molecule has 16 heteroatoms. The third-order valence-corrected chi connectivity index (χ3v) is 8.66. The van der Waals surface area contributed by atoms with Gasteiger partial charge in [-0.25, -0.2) is 9.78 Å². The number of nitrogens with one attached hydrogen (secondary N) is 6. The fourth-order valence-corrected chi connectivity index (χ4v) is 5.76. The summed E-state index contributed by atoms with van der Waals surface area (Å²) in [7, 11) is 0. The second-order valence-corrected chi connectivity index (χ2v) is 12.7. The number of carbonyl (C=O) groups excluding carboxylic acids is 4.